The highest BCUT2D eigenvalue weighted by Crippen LogP contribution is 2.38. The lowest BCUT2D eigenvalue weighted by atomic mass is 9.93. The van der Waals surface area contributed by atoms with Crippen molar-refractivity contribution in [1.29, 1.82) is 0 Å². The van der Waals surface area contributed by atoms with E-state index in [0.29, 0.717) is 4.90 Å². The highest BCUT2D eigenvalue weighted by Gasteiger charge is 2.34. The van der Waals surface area contributed by atoms with Crippen molar-refractivity contribution in [2.24, 2.45) is 0 Å². The summed E-state index contributed by atoms with van der Waals surface area (Å²) in [5.74, 6) is 0.168. The summed E-state index contributed by atoms with van der Waals surface area (Å²) in [6.45, 7) is 2.03. The van der Waals surface area contributed by atoms with Gasteiger partial charge in [0, 0.05) is 5.92 Å². The minimum absolute atomic E-state index is 0.0215. The maximum absolute atomic E-state index is 12.1. The van der Waals surface area contributed by atoms with Crippen molar-refractivity contribution >= 4 is 9.84 Å². The van der Waals surface area contributed by atoms with Gasteiger partial charge in [-0.2, -0.15) is 0 Å². The van der Waals surface area contributed by atoms with Gasteiger partial charge < -0.3 is 0 Å². The molecule has 2 aromatic carbocycles. The Morgan fingerprint density at radius 1 is 1.00 bits per heavy atom. The van der Waals surface area contributed by atoms with Crippen molar-refractivity contribution in [2.45, 2.75) is 17.7 Å². The first-order valence-corrected chi connectivity index (χ1v) is 7.61. The molecule has 0 N–H and O–H groups in total. The molecular formula is C15H14O2S. The topological polar surface area (TPSA) is 34.1 Å². The SMILES string of the molecule is Cc1ccc(C2CS(=O)(=O)c3ccccc32)cc1. The van der Waals surface area contributed by atoms with Crippen LogP contribution in [0.5, 0.6) is 0 Å². The van der Waals surface area contributed by atoms with E-state index in [2.05, 4.69) is 0 Å². The largest absolute Gasteiger partial charge is 0.224 e. The van der Waals surface area contributed by atoms with Gasteiger partial charge in [0.2, 0.25) is 0 Å². The van der Waals surface area contributed by atoms with Crippen molar-refractivity contribution in [1.82, 2.24) is 0 Å². The van der Waals surface area contributed by atoms with Crippen LogP contribution < -0.4 is 0 Å². The molecule has 0 spiro atoms. The van der Waals surface area contributed by atoms with Gasteiger partial charge in [-0.15, -0.1) is 0 Å². The van der Waals surface area contributed by atoms with Gasteiger partial charge in [0.25, 0.3) is 0 Å². The number of sulfone groups is 1. The number of benzene rings is 2. The zero-order valence-electron chi connectivity index (χ0n) is 10.1. The molecule has 0 bridgehead atoms. The van der Waals surface area contributed by atoms with E-state index in [1.54, 1.807) is 12.1 Å². The van der Waals surface area contributed by atoms with Gasteiger partial charge in [-0.05, 0) is 24.1 Å². The summed E-state index contributed by atoms with van der Waals surface area (Å²) in [4.78, 5) is 0.496. The lowest BCUT2D eigenvalue weighted by molar-refractivity contribution is 0.599. The van der Waals surface area contributed by atoms with Crippen LogP contribution >= 0.6 is 0 Å². The van der Waals surface area contributed by atoms with E-state index in [0.717, 1.165) is 11.1 Å². The number of fused-ring (bicyclic) bond motifs is 1. The zero-order chi connectivity index (χ0) is 12.8. The molecule has 0 amide bonds. The highest BCUT2D eigenvalue weighted by molar-refractivity contribution is 7.91. The van der Waals surface area contributed by atoms with Crippen LogP contribution in [0.1, 0.15) is 22.6 Å². The molecular weight excluding hydrogens is 244 g/mol. The van der Waals surface area contributed by atoms with E-state index in [1.165, 1.54) is 5.56 Å². The van der Waals surface area contributed by atoms with Crippen LogP contribution in [0.25, 0.3) is 0 Å². The third-order valence-corrected chi connectivity index (χ3v) is 5.31. The molecule has 0 aromatic heterocycles. The molecule has 92 valence electrons. The second-order valence-electron chi connectivity index (χ2n) is 4.78. The molecule has 3 rings (SSSR count). The maximum atomic E-state index is 12.1. The fraction of sp³-hybridized carbons (Fsp3) is 0.200. The zero-order valence-corrected chi connectivity index (χ0v) is 10.9. The van der Waals surface area contributed by atoms with Crippen LogP contribution in [0.3, 0.4) is 0 Å². The lowest BCUT2D eigenvalue weighted by Crippen LogP contribution is -2.04. The monoisotopic (exact) mass is 258 g/mol. The predicted octanol–water partition coefficient (Wildman–Crippen LogP) is 2.91. The molecule has 18 heavy (non-hydrogen) atoms. The highest BCUT2D eigenvalue weighted by atomic mass is 32.2. The van der Waals surface area contributed by atoms with Crippen molar-refractivity contribution in [2.75, 3.05) is 5.75 Å². The second-order valence-corrected chi connectivity index (χ2v) is 6.79. The normalized spacial score (nSPS) is 20.6. The average Bonchev–Trinajstić information content (AvgIpc) is 2.63. The first-order valence-electron chi connectivity index (χ1n) is 5.96. The Balaban J connectivity index is 2.14. The summed E-state index contributed by atoms with van der Waals surface area (Å²) in [6, 6.07) is 15.4. The Kier molecular flexibility index (Phi) is 2.52. The molecule has 0 fully saturated rings. The minimum Gasteiger partial charge on any atom is -0.224 e. The molecule has 1 heterocycles. The van der Waals surface area contributed by atoms with Gasteiger partial charge in [-0.25, -0.2) is 8.42 Å². The van der Waals surface area contributed by atoms with Gasteiger partial charge in [-0.1, -0.05) is 48.0 Å². The smallest absolute Gasteiger partial charge is 0.179 e. The van der Waals surface area contributed by atoms with Gasteiger partial charge >= 0.3 is 0 Å². The Labute approximate surface area is 107 Å². The summed E-state index contributed by atoms with van der Waals surface area (Å²) in [6.07, 6.45) is 0. The summed E-state index contributed by atoms with van der Waals surface area (Å²) >= 11 is 0. The van der Waals surface area contributed by atoms with Crippen molar-refractivity contribution in [3.8, 4) is 0 Å². The third-order valence-electron chi connectivity index (χ3n) is 3.50. The Hall–Kier alpha value is -1.61. The first-order chi connectivity index (χ1) is 8.58. The first kappa shape index (κ1) is 11.5. The Morgan fingerprint density at radius 3 is 2.39 bits per heavy atom. The number of hydrogen-bond acceptors (Lipinski definition) is 2. The molecule has 0 radical (unpaired) electrons. The Bertz CT molecular complexity index is 685. The van der Waals surface area contributed by atoms with Crippen LogP contribution in [0.15, 0.2) is 53.4 Å². The fourth-order valence-electron chi connectivity index (χ4n) is 2.53. The molecule has 1 unspecified atom stereocenters. The molecule has 1 aliphatic heterocycles. The van der Waals surface area contributed by atoms with Crippen LogP contribution in [0, 0.1) is 6.92 Å². The standard InChI is InChI=1S/C15H14O2S/c1-11-6-8-12(9-7-11)14-10-18(16,17)15-5-3-2-4-13(14)15/h2-9,14H,10H2,1H3. The number of rotatable bonds is 1. The van der Waals surface area contributed by atoms with Crippen molar-refractivity contribution in [3.05, 3.63) is 65.2 Å². The van der Waals surface area contributed by atoms with E-state index in [9.17, 15) is 8.42 Å². The molecule has 0 saturated carbocycles. The quantitative estimate of drug-likeness (QED) is 0.788. The summed E-state index contributed by atoms with van der Waals surface area (Å²) < 4.78 is 24.2. The molecule has 3 heteroatoms. The summed E-state index contributed by atoms with van der Waals surface area (Å²) in [7, 11) is -3.11. The minimum atomic E-state index is -3.11. The number of aryl methyl sites for hydroxylation is 1. The van der Waals surface area contributed by atoms with Crippen LogP contribution in [0.2, 0.25) is 0 Å². The van der Waals surface area contributed by atoms with Crippen LogP contribution in [-0.4, -0.2) is 14.2 Å². The molecule has 0 saturated heterocycles. The second kappa shape index (κ2) is 3.95. The maximum Gasteiger partial charge on any atom is 0.179 e. The van der Waals surface area contributed by atoms with E-state index in [-0.39, 0.29) is 11.7 Å². The lowest BCUT2D eigenvalue weighted by Gasteiger charge is -2.10. The van der Waals surface area contributed by atoms with Crippen molar-refractivity contribution < 1.29 is 8.42 Å². The van der Waals surface area contributed by atoms with E-state index in [4.69, 9.17) is 0 Å². The average molecular weight is 258 g/mol. The fourth-order valence-corrected chi connectivity index (χ4v) is 4.37. The molecule has 2 nitrogen and oxygen atoms in total. The molecule has 0 aliphatic carbocycles. The summed E-state index contributed by atoms with van der Waals surface area (Å²) in [5, 5.41) is 0. The van der Waals surface area contributed by atoms with Crippen LogP contribution in [-0.2, 0) is 9.84 Å². The van der Waals surface area contributed by atoms with Gasteiger partial charge in [0.1, 0.15) is 0 Å². The van der Waals surface area contributed by atoms with Crippen molar-refractivity contribution in [3.63, 3.8) is 0 Å². The molecule has 1 aliphatic rings. The van der Waals surface area contributed by atoms with Crippen LogP contribution in [0.4, 0.5) is 0 Å². The van der Waals surface area contributed by atoms with E-state index in [1.807, 2.05) is 43.3 Å². The predicted molar refractivity (Wildman–Crippen MR) is 71.5 cm³/mol. The molecule has 1 atom stereocenters. The summed E-state index contributed by atoms with van der Waals surface area (Å²) in [5.41, 5.74) is 3.20. The van der Waals surface area contributed by atoms with Gasteiger partial charge in [0.15, 0.2) is 9.84 Å². The third kappa shape index (κ3) is 1.75. The van der Waals surface area contributed by atoms with E-state index < -0.39 is 9.84 Å². The Morgan fingerprint density at radius 2 is 1.67 bits per heavy atom. The van der Waals surface area contributed by atoms with Gasteiger partial charge in [-0.3, -0.25) is 0 Å². The number of hydrogen-bond donors (Lipinski definition) is 0. The molecule has 2 aromatic rings. The van der Waals surface area contributed by atoms with Gasteiger partial charge in [0.05, 0.1) is 10.6 Å². The van der Waals surface area contributed by atoms with E-state index >= 15 is 0 Å².